The molecule has 1 aromatic carbocycles. The first kappa shape index (κ1) is 11.6. The zero-order valence-corrected chi connectivity index (χ0v) is 10.5. The van der Waals surface area contributed by atoms with Gasteiger partial charge in [0.25, 0.3) is 0 Å². The highest BCUT2D eigenvalue weighted by atomic mass is 15.1. The summed E-state index contributed by atoms with van der Waals surface area (Å²) in [5.74, 6) is 1.12. The van der Waals surface area contributed by atoms with Gasteiger partial charge in [0, 0.05) is 19.8 Å². The molecule has 0 bridgehead atoms. The number of rotatable bonds is 3. The molecule has 0 unspecified atom stereocenters. The number of nitrogens with two attached hydrogens (primary N) is 1. The smallest absolute Gasteiger partial charge is 0.201 e. The number of aliphatic imine (C=N–C) groups is 1. The molecule has 2 N–H and O–H groups in total. The van der Waals surface area contributed by atoms with E-state index in [1.165, 1.54) is 0 Å². The summed E-state index contributed by atoms with van der Waals surface area (Å²) in [4.78, 5) is 8.39. The first-order valence-electron chi connectivity index (χ1n) is 5.79. The van der Waals surface area contributed by atoms with Crippen molar-refractivity contribution in [2.24, 2.45) is 10.9 Å². The molecule has 0 radical (unpaired) electrons. The number of aromatic nitrogens is 2. The fraction of sp³-hybridized carbons (Fsp3) is 0.385. The second-order valence-corrected chi connectivity index (χ2v) is 4.61. The van der Waals surface area contributed by atoms with Crippen LogP contribution >= 0.6 is 0 Å². The minimum absolute atomic E-state index is 0.540. The summed E-state index contributed by atoms with van der Waals surface area (Å²) in [6.45, 7) is 5.22. The van der Waals surface area contributed by atoms with Gasteiger partial charge in [-0.15, -0.1) is 0 Å². The van der Waals surface area contributed by atoms with Gasteiger partial charge in [0.2, 0.25) is 5.95 Å². The monoisotopic (exact) mass is 230 g/mol. The molecule has 1 heterocycles. The molecule has 2 aromatic rings. The molecule has 0 aliphatic carbocycles. The van der Waals surface area contributed by atoms with Gasteiger partial charge in [0.15, 0.2) is 0 Å². The van der Waals surface area contributed by atoms with Crippen LogP contribution in [0.25, 0.3) is 11.0 Å². The standard InChI is InChI=1S/C13H18N4/c1-9(2)8-17-12-6-10(7-15-3)4-5-11(12)16-13(17)14/h4-7,9H,8H2,1-3H3,(H2,14,16)/b15-7-. The molecule has 90 valence electrons. The average Bonchev–Trinajstić information content (AvgIpc) is 2.56. The van der Waals surface area contributed by atoms with Crippen molar-refractivity contribution in [3.63, 3.8) is 0 Å². The van der Waals surface area contributed by atoms with E-state index in [1.54, 1.807) is 7.05 Å². The Morgan fingerprint density at radius 3 is 2.88 bits per heavy atom. The van der Waals surface area contributed by atoms with Crippen LogP contribution in [-0.4, -0.2) is 22.8 Å². The van der Waals surface area contributed by atoms with Gasteiger partial charge in [-0.1, -0.05) is 19.9 Å². The molecule has 0 spiro atoms. The summed E-state index contributed by atoms with van der Waals surface area (Å²) in [6, 6.07) is 6.06. The molecule has 0 aliphatic rings. The van der Waals surface area contributed by atoms with Crippen molar-refractivity contribution in [2.75, 3.05) is 12.8 Å². The third-order valence-electron chi connectivity index (χ3n) is 2.63. The zero-order valence-electron chi connectivity index (χ0n) is 10.5. The van der Waals surface area contributed by atoms with E-state index >= 15 is 0 Å². The predicted octanol–water partition coefficient (Wildman–Crippen LogP) is 2.32. The highest BCUT2D eigenvalue weighted by molar-refractivity contribution is 5.88. The molecule has 0 fully saturated rings. The Morgan fingerprint density at radius 2 is 2.24 bits per heavy atom. The summed E-state index contributed by atoms with van der Waals surface area (Å²) in [6.07, 6.45) is 1.84. The summed E-state index contributed by atoms with van der Waals surface area (Å²) < 4.78 is 2.06. The maximum atomic E-state index is 5.94. The average molecular weight is 230 g/mol. The molecule has 0 amide bonds. The van der Waals surface area contributed by atoms with Gasteiger partial charge >= 0.3 is 0 Å². The Balaban J connectivity index is 2.56. The molecule has 0 aliphatic heterocycles. The number of hydrogen-bond donors (Lipinski definition) is 1. The van der Waals surface area contributed by atoms with Gasteiger partial charge < -0.3 is 10.3 Å². The number of benzene rings is 1. The second-order valence-electron chi connectivity index (χ2n) is 4.61. The van der Waals surface area contributed by atoms with Gasteiger partial charge in [-0.2, -0.15) is 0 Å². The third-order valence-corrected chi connectivity index (χ3v) is 2.63. The van der Waals surface area contributed by atoms with Crippen LogP contribution in [0.1, 0.15) is 19.4 Å². The number of imidazole rings is 1. The second kappa shape index (κ2) is 4.57. The van der Waals surface area contributed by atoms with Gasteiger partial charge in [0.05, 0.1) is 11.0 Å². The molecular formula is C13H18N4. The van der Waals surface area contributed by atoms with Crippen LogP contribution in [0.2, 0.25) is 0 Å². The third kappa shape index (κ3) is 2.30. The summed E-state index contributed by atoms with van der Waals surface area (Å²) in [5, 5.41) is 0. The molecule has 4 nitrogen and oxygen atoms in total. The molecule has 2 rings (SSSR count). The van der Waals surface area contributed by atoms with E-state index in [9.17, 15) is 0 Å². The van der Waals surface area contributed by atoms with E-state index in [4.69, 9.17) is 5.73 Å². The summed E-state index contributed by atoms with van der Waals surface area (Å²) >= 11 is 0. The van der Waals surface area contributed by atoms with Crippen LogP contribution < -0.4 is 5.73 Å². The molecule has 4 heteroatoms. The van der Waals surface area contributed by atoms with E-state index in [1.807, 2.05) is 18.3 Å². The highest BCUT2D eigenvalue weighted by Gasteiger charge is 2.09. The SMILES string of the molecule is C/N=C\c1ccc2nc(N)n(CC(C)C)c2c1. The molecule has 17 heavy (non-hydrogen) atoms. The van der Waals surface area contributed by atoms with Crippen molar-refractivity contribution in [2.45, 2.75) is 20.4 Å². The lowest BCUT2D eigenvalue weighted by atomic mass is 10.2. The van der Waals surface area contributed by atoms with Crippen molar-refractivity contribution >= 4 is 23.2 Å². The zero-order chi connectivity index (χ0) is 12.4. The first-order valence-corrected chi connectivity index (χ1v) is 5.79. The lowest BCUT2D eigenvalue weighted by Crippen LogP contribution is -2.07. The first-order chi connectivity index (χ1) is 8.11. The minimum Gasteiger partial charge on any atom is -0.369 e. The van der Waals surface area contributed by atoms with Gasteiger partial charge in [-0.05, 0) is 23.6 Å². The van der Waals surface area contributed by atoms with Crippen molar-refractivity contribution in [3.8, 4) is 0 Å². The van der Waals surface area contributed by atoms with Crippen molar-refractivity contribution < 1.29 is 0 Å². The topological polar surface area (TPSA) is 56.2 Å². The van der Waals surface area contributed by atoms with Crippen molar-refractivity contribution in [1.29, 1.82) is 0 Å². The summed E-state index contributed by atoms with van der Waals surface area (Å²) in [5.41, 5.74) is 9.04. The lowest BCUT2D eigenvalue weighted by molar-refractivity contribution is 0.538. The Labute approximate surface area is 101 Å². The Hall–Kier alpha value is -1.84. The van der Waals surface area contributed by atoms with Crippen LogP contribution in [0.5, 0.6) is 0 Å². The van der Waals surface area contributed by atoms with Crippen LogP contribution in [0.4, 0.5) is 5.95 Å². The van der Waals surface area contributed by atoms with Crippen LogP contribution in [0.3, 0.4) is 0 Å². The Kier molecular flexibility index (Phi) is 3.13. The van der Waals surface area contributed by atoms with E-state index < -0.39 is 0 Å². The number of nitrogen functional groups attached to an aromatic ring is 1. The van der Waals surface area contributed by atoms with Crippen molar-refractivity contribution in [1.82, 2.24) is 9.55 Å². The number of hydrogen-bond acceptors (Lipinski definition) is 3. The fourth-order valence-corrected chi connectivity index (χ4v) is 1.94. The van der Waals surface area contributed by atoms with Gasteiger partial charge in [-0.25, -0.2) is 4.98 Å². The maximum absolute atomic E-state index is 5.94. The molecule has 0 saturated heterocycles. The van der Waals surface area contributed by atoms with E-state index in [-0.39, 0.29) is 0 Å². The number of anilines is 1. The largest absolute Gasteiger partial charge is 0.369 e. The van der Waals surface area contributed by atoms with Gasteiger partial charge in [-0.3, -0.25) is 4.99 Å². The summed E-state index contributed by atoms with van der Waals surface area (Å²) in [7, 11) is 1.77. The fourth-order valence-electron chi connectivity index (χ4n) is 1.94. The number of fused-ring (bicyclic) bond motifs is 1. The molecule has 1 aromatic heterocycles. The van der Waals surface area contributed by atoms with Crippen LogP contribution in [0.15, 0.2) is 23.2 Å². The molecular weight excluding hydrogens is 212 g/mol. The van der Waals surface area contributed by atoms with Crippen molar-refractivity contribution in [3.05, 3.63) is 23.8 Å². The van der Waals surface area contributed by atoms with E-state index in [0.29, 0.717) is 11.9 Å². The Bertz CT molecular complexity index is 552. The van der Waals surface area contributed by atoms with E-state index in [0.717, 1.165) is 23.1 Å². The molecule has 0 saturated carbocycles. The predicted molar refractivity (Wildman–Crippen MR) is 72.5 cm³/mol. The molecule has 0 atom stereocenters. The highest BCUT2D eigenvalue weighted by Crippen LogP contribution is 2.20. The minimum atomic E-state index is 0.540. The Morgan fingerprint density at radius 1 is 1.47 bits per heavy atom. The lowest BCUT2D eigenvalue weighted by Gasteiger charge is -2.09. The van der Waals surface area contributed by atoms with Gasteiger partial charge in [0.1, 0.15) is 0 Å². The number of nitrogens with zero attached hydrogens (tertiary/aromatic N) is 3. The van der Waals surface area contributed by atoms with Crippen LogP contribution in [0, 0.1) is 5.92 Å². The quantitative estimate of drug-likeness (QED) is 0.823. The van der Waals surface area contributed by atoms with Crippen LogP contribution in [-0.2, 0) is 6.54 Å². The normalized spacial score (nSPS) is 12.0. The maximum Gasteiger partial charge on any atom is 0.201 e. The van der Waals surface area contributed by atoms with E-state index in [2.05, 4.69) is 34.5 Å².